The summed E-state index contributed by atoms with van der Waals surface area (Å²) in [5, 5.41) is 8.72. The Balaban J connectivity index is 2.11. The molecule has 2 nitrogen and oxygen atoms in total. The van der Waals surface area contributed by atoms with Gasteiger partial charge in [0.05, 0.1) is 6.61 Å². The van der Waals surface area contributed by atoms with Crippen molar-refractivity contribution in [3.63, 3.8) is 0 Å². The first kappa shape index (κ1) is 15.0. The molecular formula is C17H14F2O2. The van der Waals surface area contributed by atoms with Gasteiger partial charge >= 0.3 is 0 Å². The molecule has 2 aromatic rings. The summed E-state index contributed by atoms with van der Waals surface area (Å²) in [5.74, 6) is 4.37. The lowest BCUT2D eigenvalue weighted by Crippen LogP contribution is -2.00. The molecule has 0 heterocycles. The Morgan fingerprint density at radius 2 is 1.90 bits per heavy atom. The minimum absolute atomic E-state index is 0.00507. The number of aliphatic hydroxyl groups is 1. The number of rotatable bonds is 4. The standard InChI is InChI=1S/C17H14F2O2/c18-15-8-9-17(16(19)11-15)21-12-14-7-2-1-5-13(14)6-3-4-10-20/h1-2,5,7-9,11,20H,4,10,12H2. The molecule has 4 heteroatoms. The average molecular weight is 288 g/mol. The van der Waals surface area contributed by atoms with E-state index in [0.29, 0.717) is 6.42 Å². The van der Waals surface area contributed by atoms with Gasteiger partial charge in [0.1, 0.15) is 12.4 Å². The Bertz CT molecular complexity index is 672. The Labute approximate surface area is 122 Å². The smallest absolute Gasteiger partial charge is 0.167 e. The second-order valence-electron chi connectivity index (χ2n) is 4.30. The number of halogens is 2. The Hall–Kier alpha value is -2.38. The van der Waals surface area contributed by atoms with E-state index in [1.807, 2.05) is 24.3 Å². The van der Waals surface area contributed by atoms with Gasteiger partial charge < -0.3 is 9.84 Å². The van der Waals surface area contributed by atoms with E-state index < -0.39 is 11.6 Å². The summed E-state index contributed by atoms with van der Waals surface area (Å²) < 4.78 is 31.7. The molecule has 0 aliphatic carbocycles. The third-order valence-corrected chi connectivity index (χ3v) is 2.75. The van der Waals surface area contributed by atoms with Crippen LogP contribution in [0.1, 0.15) is 17.5 Å². The molecule has 2 aromatic carbocycles. The number of aliphatic hydroxyl groups excluding tert-OH is 1. The minimum atomic E-state index is -0.737. The van der Waals surface area contributed by atoms with E-state index >= 15 is 0 Å². The van der Waals surface area contributed by atoms with Crippen LogP contribution >= 0.6 is 0 Å². The van der Waals surface area contributed by atoms with E-state index in [4.69, 9.17) is 9.84 Å². The normalized spacial score (nSPS) is 9.86. The van der Waals surface area contributed by atoms with E-state index in [1.165, 1.54) is 6.07 Å². The molecule has 0 amide bonds. The molecule has 1 N–H and O–H groups in total. The maximum atomic E-state index is 13.5. The van der Waals surface area contributed by atoms with Gasteiger partial charge in [-0.2, -0.15) is 0 Å². The third kappa shape index (κ3) is 4.30. The molecule has 0 unspecified atom stereocenters. The van der Waals surface area contributed by atoms with Gasteiger partial charge in [0, 0.05) is 23.6 Å². The van der Waals surface area contributed by atoms with Crippen LogP contribution in [0.5, 0.6) is 5.75 Å². The van der Waals surface area contributed by atoms with E-state index in [9.17, 15) is 8.78 Å². The Morgan fingerprint density at radius 3 is 2.67 bits per heavy atom. The van der Waals surface area contributed by atoms with Gasteiger partial charge in [-0.3, -0.25) is 0 Å². The van der Waals surface area contributed by atoms with Crippen molar-refractivity contribution in [3.05, 3.63) is 65.2 Å². The third-order valence-electron chi connectivity index (χ3n) is 2.75. The zero-order chi connectivity index (χ0) is 15.1. The largest absolute Gasteiger partial charge is 0.486 e. The summed E-state index contributed by atoms with van der Waals surface area (Å²) in [6.07, 6.45) is 0.391. The quantitative estimate of drug-likeness (QED) is 0.875. The highest BCUT2D eigenvalue weighted by atomic mass is 19.1. The minimum Gasteiger partial charge on any atom is -0.486 e. The molecule has 0 atom stereocenters. The lowest BCUT2D eigenvalue weighted by molar-refractivity contribution is 0.289. The van der Waals surface area contributed by atoms with Crippen LogP contribution in [0.4, 0.5) is 8.78 Å². The summed E-state index contributed by atoms with van der Waals surface area (Å²) in [7, 11) is 0. The number of benzene rings is 2. The number of hydrogen-bond acceptors (Lipinski definition) is 2. The van der Waals surface area contributed by atoms with Crippen LogP contribution in [0.3, 0.4) is 0 Å². The first-order valence-electron chi connectivity index (χ1n) is 6.46. The van der Waals surface area contributed by atoms with Crippen LogP contribution in [0, 0.1) is 23.5 Å². The predicted molar refractivity (Wildman–Crippen MR) is 75.7 cm³/mol. The first-order valence-corrected chi connectivity index (χ1v) is 6.46. The van der Waals surface area contributed by atoms with E-state index in [2.05, 4.69) is 11.8 Å². The fourth-order valence-electron chi connectivity index (χ4n) is 1.73. The molecule has 0 aliphatic heterocycles. The summed E-state index contributed by atoms with van der Waals surface area (Å²) in [5.41, 5.74) is 1.56. The highest BCUT2D eigenvalue weighted by molar-refractivity contribution is 5.41. The van der Waals surface area contributed by atoms with Crippen LogP contribution < -0.4 is 4.74 Å². The monoisotopic (exact) mass is 288 g/mol. The predicted octanol–water partition coefficient (Wildman–Crippen LogP) is 3.28. The van der Waals surface area contributed by atoms with Crippen molar-refractivity contribution in [1.29, 1.82) is 0 Å². The molecule has 0 bridgehead atoms. The highest BCUT2D eigenvalue weighted by Crippen LogP contribution is 2.19. The molecule has 0 radical (unpaired) electrons. The highest BCUT2D eigenvalue weighted by Gasteiger charge is 2.06. The first-order chi connectivity index (χ1) is 10.2. The zero-order valence-electron chi connectivity index (χ0n) is 11.3. The van der Waals surface area contributed by atoms with Crippen LogP contribution in [0.25, 0.3) is 0 Å². The number of hydrogen-bond donors (Lipinski definition) is 1. The van der Waals surface area contributed by atoms with Gasteiger partial charge in [-0.05, 0) is 18.2 Å². The molecule has 108 valence electrons. The van der Waals surface area contributed by atoms with Crippen molar-refractivity contribution in [2.75, 3.05) is 6.61 Å². The van der Waals surface area contributed by atoms with Crippen LogP contribution in [-0.4, -0.2) is 11.7 Å². The van der Waals surface area contributed by atoms with Crippen molar-refractivity contribution in [3.8, 4) is 17.6 Å². The van der Waals surface area contributed by atoms with Gasteiger partial charge in [0.25, 0.3) is 0 Å². The van der Waals surface area contributed by atoms with E-state index in [-0.39, 0.29) is 19.0 Å². The van der Waals surface area contributed by atoms with Crippen LogP contribution in [0.2, 0.25) is 0 Å². The Kier molecular flexibility index (Phi) is 5.30. The lowest BCUT2D eigenvalue weighted by atomic mass is 10.1. The second-order valence-corrected chi connectivity index (χ2v) is 4.30. The Morgan fingerprint density at radius 1 is 1.10 bits per heavy atom. The van der Waals surface area contributed by atoms with Crippen molar-refractivity contribution in [2.24, 2.45) is 0 Å². The van der Waals surface area contributed by atoms with Gasteiger partial charge in [0.15, 0.2) is 11.6 Å². The topological polar surface area (TPSA) is 29.5 Å². The van der Waals surface area contributed by atoms with Crippen molar-refractivity contribution < 1.29 is 18.6 Å². The van der Waals surface area contributed by atoms with Crippen LogP contribution in [0.15, 0.2) is 42.5 Å². The molecule has 0 aromatic heterocycles. The molecule has 0 aliphatic rings. The maximum Gasteiger partial charge on any atom is 0.167 e. The molecule has 0 spiro atoms. The van der Waals surface area contributed by atoms with Gasteiger partial charge in [-0.25, -0.2) is 8.78 Å². The summed E-state index contributed by atoms with van der Waals surface area (Å²) in [4.78, 5) is 0. The molecule has 0 saturated carbocycles. The average Bonchev–Trinajstić information content (AvgIpc) is 2.48. The van der Waals surface area contributed by atoms with Gasteiger partial charge in [0.2, 0.25) is 0 Å². The van der Waals surface area contributed by atoms with Gasteiger partial charge in [-0.1, -0.05) is 30.0 Å². The molecular weight excluding hydrogens is 274 g/mol. The maximum absolute atomic E-state index is 13.5. The molecule has 2 rings (SSSR count). The van der Waals surface area contributed by atoms with Gasteiger partial charge in [-0.15, -0.1) is 0 Å². The fraction of sp³-hybridized carbons (Fsp3) is 0.176. The second kappa shape index (κ2) is 7.41. The molecule has 0 saturated heterocycles. The summed E-state index contributed by atoms with van der Waals surface area (Å²) >= 11 is 0. The van der Waals surface area contributed by atoms with Crippen molar-refractivity contribution in [1.82, 2.24) is 0 Å². The summed E-state index contributed by atoms with van der Waals surface area (Å²) in [6, 6.07) is 10.5. The fourth-order valence-corrected chi connectivity index (χ4v) is 1.73. The van der Waals surface area contributed by atoms with E-state index in [0.717, 1.165) is 23.3 Å². The molecule has 0 fully saturated rings. The lowest BCUT2D eigenvalue weighted by Gasteiger charge is -2.08. The van der Waals surface area contributed by atoms with Crippen LogP contribution in [-0.2, 0) is 6.61 Å². The number of ether oxygens (including phenoxy) is 1. The zero-order valence-corrected chi connectivity index (χ0v) is 11.3. The van der Waals surface area contributed by atoms with Crippen molar-refractivity contribution >= 4 is 0 Å². The van der Waals surface area contributed by atoms with E-state index in [1.54, 1.807) is 0 Å². The molecule has 21 heavy (non-hydrogen) atoms. The van der Waals surface area contributed by atoms with Crippen molar-refractivity contribution in [2.45, 2.75) is 13.0 Å². The SMILES string of the molecule is OCCC#Cc1ccccc1COc1ccc(F)cc1F. The summed E-state index contributed by atoms with van der Waals surface area (Å²) in [6.45, 7) is 0.138.